The van der Waals surface area contributed by atoms with Crippen molar-refractivity contribution in [3.8, 4) is 0 Å². The van der Waals surface area contributed by atoms with Gasteiger partial charge in [0.1, 0.15) is 0 Å². The lowest BCUT2D eigenvalue weighted by atomic mass is 9.94. The number of nitrogens with one attached hydrogen (secondary N) is 2. The number of anilines is 1. The number of carboxylic acids is 1. The molecule has 3 aromatic carbocycles. The molecule has 1 unspecified atom stereocenters. The quantitative estimate of drug-likeness (QED) is 0.460. The Balaban J connectivity index is 1.84. The van der Waals surface area contributed by atoms with Gasteiger partial charge < -0.3 is 15.7 Å². The largest absolute Gasteiger partial charge is 0.481 e. The molecule has 3 N–H and O–H groups in total. The molecule has 0 aliphatic rings. The topological polar surface area (TPSA) is 95.5 Å². The summed E-state index contributed by atoms with van der Waals surface area (Å²) in [5.41, 5.74) is 3.32. The number of carbonyl (C=O) groups excluding carboxylic acids is 2. The highest BCUT2D eigenvalue weighted by atomic mass is 16.4. The lowest BCUT2D eigenvalue weighted by Gasteiger charge is -2.18. The fourth-order valence-electron chi connectivity index (χ4n) is 3.73. The summed E-state index contributed by atoms with van der Waals surface area (Å²) in [5.74, 6) is -1.50. The van der Waals surface area contributed by atoms with Crippen molar-refractivity contribution in [3.63, 3.8) is 0 Å². The van der Waals surface area contributed by atoms with Gasteiger partial charge in [0.15, 0.2) is 0 Å². The molecular formula is C26H28N2O4. The van der Waals surface area contributed by atoms with E-state index in [-0.39, 0.29) is 24.2 Å². The molecule has 6 heteroatoms. The fourth-order valence-corrected chi connectivity index (χ4v) is 3.73. The maximum absolute atomic E-state index is 13.2. The molecule has 32 heavy (non-hydrogen) atoms. The fraction of sp³-hybridized carbons (Fsp3) is 0.269. The van der Waals surface area contributed by atoms with Crippen LogP contribution in [-0.2, 0) is 27.3 Å². The monoisotopic (exact) mass is 432 g/mol. The highest BCUT2D eigenvalue weighted by Crippen LogP contribution is 2.28. The Morgan fingerprint density at radius 2 is 1.75 bits per heavy atom. The predicted octanol–water partition coefficient (Wildman–Crippen LogP) is 4.63. The Labute approximate surface area is 187 Å². The minimum Gasteiger partial charge on any atom is -0.481 e. The lowest BCUT2D eigenvalue weighted by molar-refractivity contribution is -0.137. The van der Waals surface area contributed by atoms with E-state index in [1.807, 2.05) is 67.6 Å². The molecule has 0 saturated heterocycles. The number of aryl methyl sites for hydroxylation is 1. The number of hydrogen-bond donors (Lipinski definition) is 3. The van der Waals surface area contributed by atoms with Crippen molar-refractivity contribution in [2.24, 2.45) is 0 Å². The zero-order valence-electron chi connectivity index (χ0n) is 18.4. The second-order valence-electron chi connectivity index (χ2n) is 7.93. The van der Waals surface area contributed by atoms with E-state index in [2.05, 4.69) is 10.6 Å². The van der Waals surface area contributed by atoms with Crippen LogP contribution in [0.4, 0.5) is 5.69 Å². The third-order valence-corrected chi connectivity index (χ3v) is 5.49. The molecule has 0 aromatic heterocycles. The minimum absolute atomic E-state index is 0.0629. The van der Waals surface area contributed by atoms with Gasteiger partial charge >= 0.3 is 5.97 Å². The summed E-state index contributed by atoms with van der Waals surface area (Å²) < 4.78 is 0. The van der Waals surface area contributed by atoms with Gasteiger partial charge in [-0.25, -0.2) is 0 Å². The molecule has 0 bridgehead atoms. The van der Waals surface area contributed by atoms with E-state index in [1.54, 1.807) is 0 Å². The van der Waals surface area contributed by atoms with Gasteiger partial charge in [-0.2, -0.15) is 0 Å². The molecular weight excluding hydrogens is 404 g/mol. The molecule has 6 nitrogen and oxygen atoms in total. The van der Waals surface area contributed by atoms with Gasteiger partial charge in [-0.3, -0.25) is 14.4 Å². The molecule has 166 valence electrons. The van der Waals surface area contributed by atoms with Gasteiger partial charge in [0.05, 0.1) is 5.92 Å². The first-order valence-electron chi connectivity index (χ1n) is 10.7. The number of fused-ring (bicyclic) bond motifs is 1. The van der Waals surface area contributed by atoms with Gasteiger partial charge in [-0.1, -0.05) is 54.6 Å². The summed E-state index contributed by atoms with van der Waals surface area (Å²) in [6.07, 6.45) is 1.07. The first-order chi connectivity index (χ1) is 15.3. The average molecular weight is 433 g/mol. The maximum Gasteiger partial charge on any atom is 0.303 e. The van der Waals surface area contributed by atoms with Crippen LogP contribution in [0, 0.1) is 0 Å². The van der Waals surface area contributed by atoms with E-state index in [0.29, 0.717) is 25.1 Å². The van der Waals surface area contributed by atoms with Crippen molar-refractivity contribution >= 4 is 34.2 Å². The molecule has 1 atom stereocenters. The van der Waals surface area contributed by atoms with Crippen LogP contribution in [0.5, 0.6) is 0 Å². The van der Waals surface area contributed by atoms with E-state index in [9.17, 15) is 14.4 Å². The number of aliphatic carboxylic acids is 1. The van der Waals surface area contributed by atoms with Gasteiger partial charge in [-0.05, 0) is 53.3 Å². The Morgan fingerprint density at radius 3 is 2.50 bits per heavy atom. The highest BCUT2D eigenvalue weighted by Gasteiger charge is 2.19. The van der Waals surface area contributed by atoms with Crippen LogP contribution in [0.25, 0.3) is 10.8 Å². The molecule has 0 heterocycles. The third kappa shape index (κ3) is 5.94. The van der Waals surface area contributed by atoms with Crippen molar-refractivity contribution < 1.29 is 19.5 Å². The van der Waals surface area contributed by atoms with Crippen LogP contribution < -0.4 is 10.6 Å². The Hall–Kier alpha value is -3.67. The van der Waals surface area contributed by atoms with Crippen LogP contribution in [0.15, 0.2) is 60.7 Å². The minimum atomic E-state index is -0.845. The number of benzene rings is 3. The number of carboxylic acid groups (broad SMARTS) is 1. The normalized spacial score (nSPS) is 11.7. The number of amides is 2. The van der Waals surface area contributed by atoms with E-state index in [4.69, 9.17) is 5.11 Å². The summed E-state index contributed by atoms with van der Waals surface area (Å²) in [7, 11) is 0. The summed E-state index contributed by atoms with van der Waals surface area (Å²) >= 11 is 0. The first kappa shape index (κ1) is 23.0. The molecule has 0 saturated carbocycles. The molecule has 0 spiro atoms. The highest BCUT2D eigenvalue weighted by molar-refractivity contribution is 5.99. The van der Waals surface area contributed by atoms with Crippen LogP contribution in [0.3, 0.4) is 0 Å². The number of hydrogen-bond acceptors (Lipinski definition) is 3. The first-order valence-corrected chi connectivity index (χ1v) is 10.7. The molecule has 2 amide bonds. The molecule has 3 rings (SSSR count). The second kappa shape index (κ2) is 10.6. The van der Waals surface area contributed by atoms with Crippen LogP contribution in [0.1, 0.15) is 49.3 Å². The standard InChI is InChI=1S/C26H28N2O4/c1-17(22-11-5-8-20-7-3-4-10-23(20)22)26(32)28-24-15-19(16-27-18(2)29)13-14-21(24)9-6-12-25(30)31/h3-5,7-8,10-11,13-15,17H,6,9,12,16H2,1-2H3,(H,27,29)(H,28,32)(H,30,31). The predicted molar refractivity (Wildman–Crippen MR) is 126 cm³/mol. The summed E-state index contributed by atoms with van der Waals surface area (Å²) in [4.78, 5) is 35.4. The van der Waals surface area contributed by atoms with Crippen LogP contribution in [-0.4, -0.2) is 22.9 Å². The average Bonchev–Trinajstić information content (AvgIpc) is 2.77. The number of rotatable bonds is 9. The maximum atomic E-state index is 13.2. The van der Waals surface area contributed by atoms with Crippen LogP contribution >= 0.6 is 0 Å². The van der Waals surface area contributed by atoms with Gasteiger partial charge in [0.25, 0.3) is 0 Å². The smallest absolute Gasteiger partial charge is 0.303 e. The lowest BCUT2D eigenvalue weighted by Crippen LogP contribution is -2.21. The van der Waals surface area contributed by atoms with Crippen molar-refractivity contribution in [3.05, 3.63) is 77.4 Å². The van der Waals surface area contributed by atoms with Crippen molar-refractivity contribution in [2.45, 2.75) is 45.6 Å². The molecule has 0 radical (unpaired) electrons. The SMILES string of the molecule is CC(=O)NCc1ccc(CCCC(=O)O)c(NC(=O)C(C)c2cccc3ccccc23)c1. The van der Waals surface area contributed by atoms with Gasteiger partial charge in [0.2, 0.25) is 11.8 Å². The van der Waals surface area contributed by atoms with Crippen molar-refractivity contribution in [2.75, 3.05) is 5.32 Å². The van der Waals surface area contributed by atoms with E-state index < -0.39 is 5.97 Å². The Morgan fingerprint density at radius 1 is 1.00 bits per heavy atom. The Kier molecular flexibility index (Phi) is 7.60. The zero-order valence-corrected chi connectivity index (χ0v) is 18.4. The van der Waals surface area contributed by atoms with Crippen molar-refractivity contribution in [1.82, 2.24) is 5.32 Å². The van der Waals surface area contributed by atoms with E-state index in [1.165, 1.54) is 6.92 Å². The van der Waals surface area contributed by atoms with E-state index in [0.717, 1.165) is 27.5 Å². The van der Waals surface area contributed by atoms with Crippen LogP contribution in [0.2, 0.25) is 0 Å². The van der Waals surface area contributed by atoms with Gasteiger partial charge in [-0.15, -0.1) is 0 Å². The zero-order chi connectivity index (χ0) is 23.1. The van der Waals surface area contributed by atoms with Gasteiger partial charge in [0, 0.05) is 25.6 Å². The summed E-state index contributed by atoms with van der Waals surface area (Å²) in [6, 6.07) is 19.5. The number of carbonyl (C=O) groups is 3. The molecule has 0 fully saturated rings. The van der Waals surface area contributed by atoms with Crippen molar-refractivity contribution in [1.29, 1.82) is 0 Å². The van der Waals surface area contributed by atoms with E-state index >= 15 is 0 Å². The third-order valence-electron chi connectivity index (χ3n) is 5.49. The second-order valence-corrected chi connectivity index (χ2v) is 7.93. The molecule has 3 aromatic rings. The Bertz CT molecular complexity index is 1130. The summed E-state index contributed by atoms with van der Waals surface area (Å²) in [5, 5.41) is 16.9. The molecule has 0 aliphatic heterocycles. The summed E-state index contributed by atoms with van der Waals surface area (Å²) in [6.45, 7) is 3.68. The molecule has 0 aliphatic carbocycles.